The predicted octanol–water partition coefficient (Wildman–Crippen LogP) is 1.97. The van der Waals surface area contributed by atoms with E-state index in [1.807, 2.05) is 23.5 Å². The van der Waals surface area contributed by atoms with Gasteiger partial charge in [0.25, 0.3) is 5.95 Å². The summed E-state index contributed by atoms with van der Waals surface area (Å²) in [6.07, 6.45) is 3.43. The van der Waals surface area contributed by atoms with Crippen LogP contribution in [0.5, 0.6) is 0 Å². The Balaban J connectivity index is 1.69. The summed E-state index contributed by atoms with van der Waals surface area (Å²) in [7, 11) is 0. The van der Waals surface area contributed by atoms with Crippen LogP contribution in [0.3, 0.4) is 0 Å². The van der Waals surface area contributed by atoms with E-state index in [0.717, 1.165) is 12.3 Å². The van der Waals surface area contributed by atoms with Crippen LogP contribution in [0.2, 0.25) is 5.28 Å². The quantitative estimate of drug-likeness (QED) is 0.920. The predicted molar refractivity (Wildman–Crippen MR) is 84.0 cm³/mol. The molecule has 6 nitrogen and oxygen atoms in total. The average Bonchev–Trinajstić information content (AvgIpc) is 3.00. The largest absolute Gasteiger partial charge is 0.353 e. The number of hydrogen-bond donors (Lipinski definition) is 1. The van der Waals surface area contributed by atoms with Crippen LogP contribution in [0.4, 0.5) is 5.95 Å². The molecule has 1 aliphatic rings. The highest BCUT2D eigenvalue weighted by atomic mass is 35.5. The summed E-state index contributed by atoms with van der Waals surface area (Å²) >= 11 is 9.91. The van der Waals surface area contributed by atoms with Gasteiger partial charge >= 0.3 is 0 Å². The standard InChI is InChI=1S/C11H13ClN6S2/c12-9-15-10(13-6-8-7-19-4-5-20-8)17-11(16-9)18-3-1-2-14-18/h1-3,8H,4-7H2,(H,13,15,16,17). The van der Waals surface area contributed by atoms with E-state index in [2.05, 4.69) is 25.4 Å². The number of nitrogens with one attached hydrogen (secondary N) is 1. The normalized spacial score (nSPS) is 18.9. The molecule has 0 aromatic carbocycles. The molecule has 2 aromatic heterocycles. The maximum atomic E-state index is 5.94. The highest BCUT2D eigenvalue weighted by Gasteiger charge is 2.15. The number of halogens is 1. The van der Waals surface area contributed by atoms with E-state index in [9.17, 15) is 0 Å². The fourth-order valence-electron chi connectivity index (χ4n) is 1.77. The van der Waals surface area contributed by atoms with Gasteiger partial charge in [-0.2, -0.15) is 43.6 Å². The minimum Gasteiger partial charge on any atom is -0.353 e. The second-order valence-corrected chi connectivity index (χ2v) is 7.02. The van der Waals surface area contributed by atoms with Crippen molar-refractivity contribution in [1.29, 1.82) is 0 Å². The van der Waals surface area contributed by atoms with Gasteiger partial charge in [0, 0.05) is 41.4 Å². The van der Waals surface area contributed by atoms with Gasteiger partial charge in [-0.25, -0.2) is 4.68 Å². The lowest BCUT2D eigenvalue weighted by Gasteiger charge is -2.21. The maximum absolute atomic E-state index is 5.94. The topological polar surface area (TPSA) is 68.5 Å². The lowest BCUT2D eigenvalue weighted by Crippen LogP contribution is -2.24. The summed E-state index contributed by atoms with van der Waals surface area (Å²) in [6.45, 7) is 0.830. The molecule has 2 aromatic rings. The van der Waals surface area contributed by atoms with Gasteiger partial charge in [0.2, 0.25) is 11.2 Å². The minimum atomic E-state index is 0.165. The van der Waals surface area contributed by atoms with Gasteiger partial charge in [-0.15, -0.1) is 0 Å². The first-order valence-corrected chi connectivity index (χ1v) is 8.74. The van der Waals surface area contributed by atoms with Crippen molar-refractivity contribution in [3.8, 4) is 5.95 Å². The molecule has 9 heteroatoms. The molecular weight excluding hydrogens is 316 g/mol. The summed E-state index contributed by atoms with van der Waals surface area (Å²) in [5, 5.41) is 8.07. The molecule has 0 amide bonds. The third-order valence-electron chi connectivity index (χ3n) is 2.68. The molecule has 0 radical (unpaired) electrons. The number of nitrogens with zero attached hydrogens (tertiary/aromatic N) is 5. The molecule has 20 heavy (non-hydrogen) atoms. The fraction of sp³-hybridized carbons (Fsp3) is 0.455. The molecule has 1 aliphatic heterocycles. The van der Waals surface area contributed by atoms with Gasteiger partial charge in [0.05, 0.1) is 0 Å². The highest BCUT2D eigenvalue weighted by Crippen LogP contribution is 2.24. The number of rotatable bonds is 4. The summed E-state index contributed by atoms with van der Waals surface area (Å²) < 4.78 is 1.56. The molecule has 0 saturated carbocycles. The second-order valence-electron chi connectivity index (χ2n) is 4.13. The van der Waals surface area contributed by atoms with E-state index >= 15 is 0 Å². The minimum absolute atomic E-state index is 0.165. The van der Waals surface area contributed by atoms with Gasteiger partial charge < -0.3 is 5.32 Å². The molecule has 1 atom stereocenters. The number of hydrogen-bond acceptors (Lipinski definition) is 7. The molecule has 1 fully saturated rings. The Hall–Kier alpha value is -0.990. The Morgan fingerprint density at radius 2 is 2.30 bits per heavy atom. The van der Waals surface area contributed by atoms with Crippen molar-refractivity contribution in [3.05, 3.63) is 23.7 Å². The summed E-state index contributed by atoms with van der Waals surface area (Å²) in [4.78, 5) is 12.5. The Labute approximate surface area is 130 Å². The van der Waals surface area contributed by atoms with E-state index in [1.165, 1.54) is 11.5 Å². The third kappa shape index (κ3) is 3.56. The van der Waals surface area contributed by atoms with Gasteiger partial charge in [0.15, 0.2) is 0 Å². The Kier molecular flexibility index (Phi) is 4.64. The van der Waals surface area contributed by atoms with Crippen molar-refractivity contribution in [2.45, 2.75) is 5.25 Å². The van der Waals surface area contributed by atoms with Crippen LogP contribution in [-0.2, 0) is 0 Å². The van der Waals surface area contributed by atoms with Crippen LogP contribution in [0.25, 0.3) is 5.95 Å². The first-order valence-electron chi connectivity index (χ1n) is 6.16. The SMILES string of the molecule is Clc1nc(NCC2CSCCS2)nc(-n2cccn2)n1. The average molecular weight is 329 g/mol. The number of thioether (sulfide) groups is 2. The van der Waals surface area contributed by atoms with Crippen LogP contribution in [0, 0.1) is 0 Å². The van der Waals surface area contributed by atoms with E-state index < -0.39 is 0 Å². The first kappa shape index (κ1) is 14.0. The molecule has 3 rings (SSSR count). The first-order chi connectivity index (χ1) is 9.81. The van der Waals surface area contributed by atoms with Crippen LogP contribution >= 0.6 is 35.1 Å². The summed E-state index contributed by atoms with van der Waals surface area (Å²) in [6, 6.07) is 1.81. The van der Waals surface area contributed by atoms with E-state index in [4.69, 9.17) is 11.6 Å². The van der Waals surface area contributed by atoms with Gasteiger partial charge in [0.1, 0.15) is 0 Å². The fourth-order valence-corrected chi connectivity index (χ4v) is 4.54. The Bertz CT molecular complexity index is 558. The van der Waals surface area contributed by atoms with E-state index in [1.54, 1.807) is 23.1 Å². The zero-order chi connectivity index (χ0) is 13.8. The smallest absolute Gasteiger partial charge is 0.256 e. The van der Waals surface area contributed by atoms with Crippen molar-refractivity contribution >= 4 is 41.1 Å². The maximum Gasteiger partial charge on any atom is 0.256 e. The van der Waals surface area contributed by atoms with E-state index in [-0.39, 0.29) is 5.28 Å². The van der Waals surface area contributed by atoms with Crippen LogP contribution in [0.1, 0.15) is 0 Å². The molecule has 3 heterocycles. The van der Waals surface area contributed by atoms with Crippen molar-refractivity contribution in [2.75, 3.05) is 29.1 Å². The van der Waals surface area contributed by atoms with Gasteiger partial charge in [-0.1, -0.05) is 0 Å². The van der Waals surface area contributed by atoms with Gasteiger partial charge in [-0.3, -0.25) is 0 Å². The van der Waals surface area contributed by atoms with Crippen molar-refractivity contribution < 1.29 is 0 Å². The molecule has 0 aliphatic carbocycles. The van der Waals surface area contributed by atoms with Crippen LogP contribution in [0.15, 0.2) is 18.5 Å². The highest BCUT2D eigenvalue weighted by molar-refractivity contribution is 8.06. The van der Waals surface area contributed by atoms with Crippen molar-refractivity contribution in [3.63, 3.8) is 0 Å². The Morgan fingerprint density at radius 3 is 3.05 bits per heavy atom. The molecule has 1 unspecified atom stereocenters. The van der Waals surface area contributed by atoms with Crippen molar-refractivity contribution in [1.82, 2.24) is 24.7 Å². The second kappa shape index (κ2) is 6.64. The Morgan fingerprint density at radius 1 is 1.35 bits per heavy atom. The third-order valence-corrected chi connectivity index (χ3v) is 5.69. The number of anilines is 1. The summed E-state index contributed by atoms with van der Waals surface area (Å²) in [5.74, 6) is 4.51. The molecule has 106 valence electrons. The molecule has 0 spiro atoms. The van der Waals surface area contributed by atoms with E-state index in [0.29, 0.717) is 17.1 Å². The monoisotopic (exact) mass is 328 g/mol. The molecule has 1 saturated heterocycles. The van der Waals surface area contributed by atoms with Gasteiger partial charge in [-0.05, 0) is 17.7 Å². The zero-order valence-electron chi connectivity index (χ0n) is 10.6. The molecule has 0 bridgehead atoms. The summed E-state index contributed by atoms with van der Waals surface area (Å²) in [5.41, 5.74) is 0. The zero-order valence-corrected chi connectivity index (χ0v) is 13.0. The lowest BCUT2D eigenvalue weighted by atomic mass is 10.5. The molecular formula is C11H13ClN6S2. The van der Waals surface area contributed by atoms with Crippen LogP contribution < -0.4 is 5.32 Å². The lowest BCUT2D eigenvalue weighted by molar-refractivity contribution is 0.794. The van der Waals surface area contributed by atoms with Crippen LogP contribution in [-0.4, -0.2) is 53.8 Å². The number of aromatic nitrogens is 5. The molecule has 1 N–H and O–H groups in total. The van der Waals surface area contributed by atoms with Crippen molar-refractivity contribution in [2.24, 2.45) is 0 Å².